The minimum Gasteiger partial charge on any atom is -0.373 e. The van der Waals surface area contributed by atoms with Crippen molar-refractivity contribution < 1.29 is 0 Å². The molecule has 3 nitrogen and oxygen atoms in total. The second kappa shape index (κ2) is 5.36. The molecule has 0 saturated heterocycles. The Bertz CT molecular complexity index is 545. The van der Waals surface area contributed by atoms with Crippen LogP contribution in [0.3, 0.4) is 0 Å². The lowest BCUT2D eigenvalue weighted by Gasteiger charge is -2.08. The van der Waals surface area contributed by atoms with Gasteiger partial charge in [-0.15, -0.1) is 0 Å². The molecule has 0 amide bonds. The topological polar surface area (TPSA) is 37.8 Å². The van der Waals surface area contributed by atoms with Crippen molar-refractivity contribution in [3.05, 3.63) is 40.7 Å². The molecule has 0 fully saturated rings. The van der Waals surface area contributed by atoms with Gasteiger partial charge < -0.3 is 5.32 Å². The molecule has 0 atom stereocenters. The highest BCUT2D eigenvalue weighted by Gasteiger charge is 2.06. The molecule has 0 unspecified atom stereocenters. The second-order valence-corrected chi connectivity index (χ2v) is 4.53. The van der Waals surface area contributed by atoms with E-state index in [9.17, 15) is 0 Å². The molecule has 2 rings (SSSR count). The van der Waals surface area contributed by atoms with E-state index in [0.29, 0.717) is 0 Å². The molecule has 2 aromatic rings. The van der Waals surface area contributed by atoms with Gasteiger partial charge in [-0.2, -0.15) is 0 Å². The van der Waals surface area contributed by atoms with E-state index < -0.39 is 0 Å². The van der Waals surface area contributed by atoms with Crippen LogP contribution in [0.15, 0.2) is 24.3 Å². The van der Waals surface area contributed by atoms with E-state index in [0.717, 1.165) is 39.9 Å². The van der Waals surface area contributed by atoms with Gasteiger partial charge in [0, 0.05) is 30.1 Å². The first-order chi connectivity index (χ1) is 8.63. The lowest BCUT2D eigenvalue weighted by Crippen LogP contribution is -2.00. The molecule has 1 N–H and O–H groups in total. The highest BCUT2D eigenvalue weighted by Crippen LogP contribution is 2.25. The van der Waals surface area contributed by atoms with Crippen molar-refractivity contribution >= 4 is 17.4 Å². The number of hydrogen-bond acceptors (Lipinski definition) is 3. The van der Waals surface area contributed by atoms with E-state index in [1.54, 1.807) is 0 Å². The molecule has 0 saturated carbocycles. The first-order valence-electron chi connectivity index (χ1n) is 5.96. The van der Waals surface area contributed by atoms with Gasteiger partial charge in [0.1, 0.15) is 11.6 Å². The van der Waals surface area contributed by atoms with E-state index in [1.807, 2.05) is 45.2 Å². The Hall–Kier alpha value is -1.61. The van der Waals surface area contributed by atoms with Crippen LogP contribution < -0.4 is 5.32 Å². The van der Waals surface area contributed by atoms with Crippen LogP contribution in [0.4, 0.5) is 5.82 Å². The van der Waals surface area contributed by atoms with Gasteiger partial charge in [0.25, 0.3) is 0 Å². The van der Waals surface area contributed by atoms with Crippen molar-refractivity contribution in [3.63, 3.8) is 0 Å². The van der Waals surface area contributed by atoms with Gasteiger partial charge in [-0.05, 0) is 18.6 Å². The molecule has 1 aromatic heterocycles. The van der Waals surface area contributed by atoms with E-state index in [-0.39, 0.29) is 0 Å². The summed E-state index contributed by atoms with van der Waals surface area (Å²) in [6, 6.07) is 7.91. The summed E-state index contributed by atoms with van der Waals surface area (Å²) in [6.07, 6.45) is 0.808. The minimum atomic E-state index is 0.759. The number of halogens is 1. The fourth-order valence-electron chi connectivity index (χ4n) is 1.68. The number of nitrogens with one attached hydrogen (secondary N) is 1. The average molecular weight is 262 g/mol. The van der Waals surface area contributed by atoms with Crippen LogP contribution in [0.5, 0.6) is 0 Å². The summed E-state index contributed by atoms with van der Waals surface area (Å²) < 4.78 is 0. The summed E-state index contributed by atoms with van der Waals surface area (Å²) in [7, 11) is 1.85. The summed E-state index contributed by atoms with van der Waals surface area (Å²) in [5.41, 5.74) is 2.98. The normalized spacial score (nSPS) is 10.4. The molecular formula is C14H16ClN3. The number of nitrogens with zero attached hydrogens (tertiary/aromatic N) is 2. The van der Waals surface area contributed by atoms with Crippen molar-refractivity contribution in [3.8, 4) is 11.3 Å². The van der Waals surface area contributed by atoms with E-state index >= 15 is 0 Å². The third kappa shape index (κ3) is 2.62. The maximum Gasteiger partial charge on any atom is 0.131 e. The zero-order chi connectivity index (χ0) is 13.1. The van der Waals surface area contributed by atoms with Crippen molar-refractivity contribution in [1.82, 2.24) is 9.97 Å². The monoisotopic (exact) mass is 261 g/mol. The molecule has 4 heteroatoms. The Balaban J connectivity index is 2.51. The number of aryl methyl sites for hydroxylation is 2. The predicted octanol–water partition coefficient (Wildman–Crippen LogP) is 3.71. The zero-order valence-electron chi connectivity index (χ0n) is 10.8. The van der Waals surface area contributed by atoms with Crippen LogP contribution in [0.2, 0.25) is 5.02 Å². The third-order valence-electron chi connectivity index (χ3n) is 2.81. The number of hydrogen-bond donors (Lipinski definition) is 1. The van der Waals surface area contributed by atoms with E-state index in [2.05, 4.69) is 15.3 Å². The Labute approximate surface area is 112 Å². The third-order valence-corrected chi connectivity index (χ3v) is 3.22. The highest BCUT2D eigenvalue weighted by atomic mass is 35.5. The Morgan fingerprint density at radius 3 is 2.61 bits per heavy atom. The zero-order valence-corrected chi connectivity index (χ0v) is 11.5. The molecule has 1 heterocycles. The van der Waals surface area contributed by atoms with Crippen LogP contribution in [0.1, 0.15) is 18.3 Å². The minimum absolute atomic E-state index is 0.759. The summed E-state index contributed by atoms with van der Waals surface area (Å²) in [5, 5.41) is 3.81. The van der Waals surface area contributed by atoms with Crippen LogP contribution in [0.25, 0.3) is 11.3 Å². The van der Waals surface area contributed by atoms with E-state index in [4.69, 9.17) is 11.6 Å². The molecule has 18 heavy (non-hydrogen) atoms. The number of rotatable bonds is 3. The van der Waals surface area contributed by atoms with Gasteiger partial charge in [-0.1, -0.05) is 30.7 Å². The standard InChI is InChI=1S/C14H16ClN3/c1-4-13-17-12(8-14(16-3)18-13)10-6-5-9(2)11(15)7-10/h5-8H,4H2,1-3H3,(H,16,17,18). The van der Waals surface area contributed by atoms with Crippen molar-refractivity contribution in [2.45, 2.75) is 20.3 Å². The van der Waals surface area contributed by atoms with Gasteiger partial charge in [0.05, 0.1) is 5.69 Å². The lowest BCUT2D eigenvalue weighted by atomic mass is 10.1. The van der Waals surface area contributed by atoms with Gasteiger partial charge in [0.2, 0.25) is 0 Å². The molecule has 0 aliphatic carbocycles. The maximum atomic E-state index is 6.15. The molecule has 0 spiro atoms. The number of aromatic nitrogens is 2. The summed E-state index contributed by atoms with van der Waals surface area (Å²) in [4.78, 5) is 8.91. The Kier molecular flexibility index (Phi) is 3.82. The molecular weight excluding hydrogens is 246 g/mol. The van der Waals surface area contributed by atoms with Crippen LogP contribution >= 0.6 is 11.6 Å². The molecule has 0 aliphatic rings. The van der Waals surface area contributed by atoms with E-state index in [1.165, 1.54) is 0 Å². The van der Waals surface area contributed by atoms with Crippen LogP contribution in [-0.4, -0.2) is 17.0 Å². The molecule has 0 bridgehead atoms. The molecule has 0 aliphatic heterocycles. The van der Waals surface area contributed by atoms with Crippen LogP contribution in [0, 0.1) is 6.92 Å². The van der Waals surface area contributed by atoms with Crippen molar-refractivity contribution in [2.24, 2.45) is 0 Å². The second-order valence-electron chi connectivity index (χ2n) is 4.12. The van der Waals surface area contributed by atoms with Gasteiger partial charge >= 0.3 is 0 Å². The average Bonchev–Trinajstić information content (AvgIpc) is 2.41. The van der Waals surface area contributed by atoms with Crippen molar-refractivity contribution in [1.29, 1.82) is 0 Å². The maximum absolute atomic E-state index is 6.15. The summed E-state index contributed by atoms with van der Waals surface area (Å²) >= 11 is 6.15. The van der Waals surface area contributed by atoms with Gasteiger partial charge in [-0.25, -0.2) is 9.97 Å². The number of anilines is 1. The van der Waals surface area contributed by atoms with Gasteiger partial charge in [0.15, 0.2) is 0 Å². The lowest BCUT2D eigenvalue weighted by molar-refractivity contribution is 0.945. The predicted molar refractivity (Wildman–Crippen MR) is 76.1 cm³/mol. The smallest absolute Gasteiger partial charge is 0.131 e. The first-order valence-corrected chi connectivity index (χ1v) is 6.34. The molecule has 0 radical (unpaired) electrons. The highest BCUT2D eigenvalue weighted by molar-refractivity contribution is 6.31. The fraction of sp³-hybridized carbons (Fsp3) is 0.286. The Morgan fingerprint density at radius 2 is 2.00 bits per heavy atom. The largest absolute Gasteiger partial charge is 0.373 e. The first kappa shape index (κ1) is 12.8. The van der Waals surface area contributed by atoms with Crippen molar-refractivity contribution in [2.75, 3.05) is 12.4 Å². The Morgan fingerprint density at radius 1 is 1.22 bits per heavy atom. The molecule has 94 valence electrons. The van der Waals surface area contributed by atoms with Gasteiger partial charge in [-0.3, -0.25) is 0 Å². The summed E-state index contributed by atoms with van der Waals surface area (Å²) in [5.74, 6) is 1.65. The fourth-order valence-corrected chi connectivity index (χ4v) is 1.86. The number of benzene rings is 1. The quantitative estimate of drug-likeness (QED) is 0.915. The van der Waals surface area contributed by atoms with Crippen LogP contribution in [-0.2, 0) is 6.42 Å². The summed E-state index contributed by atoms with van der Waals surface area (Å²) in [6.45, 7) is 4.03. The SMILES string of the molecule is CCc1nc(NC)cc(-c2ccc(C)c(Cl)c2)n1. The molecule has 1 aromatic carbocycles.